The van der Waals surface area contributed by atoms with Crippen LogP contribution in [0.1, 0.15) is 38.2 Å². The fourth-order valence-corrected chi connectivity index (χ4v) is 4.19. The van der Waals surface area contributed by atoms with Gasteiger partial charge in [-0.15, -0.1) is 24.0 Å². The standard InChI is InChI=1S/C21H33FN4O.HI/c1-3-23-20(25(2)16-18-7-6-8-19(22)15-18)24-17-21(9-13-27-14-10-21)26-11-4-5-12-26;/h6-8,15H,3-5,9-14,16-17H2,1-2H3,(H,23,24);1H. The Hall–Kier alpha value is -0.930. The fourth-order valence-electron chi connectivity index (χ4n) is 4.19. The molecule has 0 bridgehead atoms. The maximum atomic E-state index is 13.5. The van der Waals surface area contributed by atoms with E-state index in [2.05, 4.69) is 22.0 Å². The zero-order chi connectivity index (χ0) is 19.1. The number of likely N-dealkylation sites (tertiary alicyclic amines) is 1. The van der Waals surface area contributed by atoms with Gasteiger partial charge in [0.15, 0.2) is 5.96 Å². The normalized spacial score (nSPS) is 19.9. The van der Waals surface area contributed by atoms with E-state index in [1.165, 1.54) is 32.0 Å². The summed E-state index contributed by atoms with van der Waals surface area (Å²) >= 11 is 0. The van der Waals surface area contributed by atoms with Crippen molar-refractivity contribution in [2.45, 2.75) is 44.7 Å². The molecular formula is C21H34FIN4O. The van der Waals surface area contributed by atoms with Gasteiger partial charge in [-0.3, -0.25) is 9.89 Å². The summed E-state index contributed by atoms with van der Waals surface area (Å²) in [6.45, 7) is 8.29. The van der Waals surface area contributed by atoms with E-state index in [0.29, 0.717) is 6.54 Å². The summed E-state index contributed by atoms with van der Waals surface area (Å²) in [5.41, 5.74) is 1.07. The summed E-state index contributed by atoms with van der Waals surface area (Å²) in [6.07, 6.45) is 4.66. The van der Waals surface area contributed by atoms with Gasteiger partial charge in [-0.2, -0.15) is 0 Å². The van der Waals surface area contributed by atoms with Gasteiger partial charge in [-0.1, -0.05) is 12.1 Å². The first-order valence-electron chi connectivity index (χ1n) is 10.2. The minimum Gasteiger partial charge on any atom is -0.381 e. The molecule has 2 aliphatic heterocycles. The first kappa shape index (κ1) is 23.3. The second-order valence-electron chi connectivity index (χ2n) is 7.69. The molecule has 0 amide bonds. The molecule has 1 aromatic carbocycles. The molecule has 7 heteroatoms. The molecule has 2 fully saturated rings. The molecule has 0 atom stereocenters. The fraction of sp³-hybridized carbons (Fsp3) is 0.667. The number of rotatable bonds is 6. The van der Waals surface area contributed by atoms with Crippen LogP contribution in [0.15, 0.2) is 29.3 Å². The van der Waals surface area contributed by atoms with Crippen molar-refractivity contribution in [3.8, 4) is 0 Å². The first-order chi connectivity index (χ1) is 13.1. The third kappa shape index (κ3) is 6.03. The third-order valence-corrected chi connectivity index (χ3v) is 5.73. The Bertz CT molecular complexity index is 631. The van der Waals surface area contributed by atoms with Crippen LogP contribution in [-0.4, -0.2) is 67.7 Å². The van der Waals surface area contributed by atoms with Crippen molar-refractivity contribution in [1.82, 2.24) is 15.1 Å². The molecule has 28 heavy (non-hydrogen) atoms. The van der Waals surface area contributed by atoms with Crippen LogP contribution in [-0.2, 0) is 11.3 Å². The van der Waals surface area contributed by atoms with E-state index in [0.717, 1.165) is 50.7 Å². The number of ether oxygens (including phenoxy) is 1. The number of nitrogens with zero attached hydrogens (tertiary/aromatic N) is 3. The molecule has 0 spiro atoms. The van der Waals surface area contributed by atoms with Crippen molar-refractivity contribution >= 4 is 29.9 Å². The topological polar surface area (TPSA) is 40.1 Å². The van der Waals surface area contributed by atoms with Crippen LogP contribution in [0.3, 0.4) is 0 Å². The maximum absolute atomic E-state index is 13.5. The smallest absolute Gasteiger partial charge is 0.194 e. The highest BCUT2D eigenvalue weighted by Gasteiger charge is 2.39. The zero-order valence-electron chi connectivity index (χ0n) is 17.1. The van der Waals surface area contributed by atoms with Crippen molar-refractivity contribution < 1.29 is 9.13 Å². The van der Waals surface area contributed by atoms with Gasteiger partial charge >= 0.3 is 0 Å². The number of halogens is 2. The summed E-state index contributed by atoms with van der Waals surface area (Å²) in [7, 11) is 2.01. The molecule has 2 heterocycles. The Balaban J connectivity index is 0.00000280. The molecule has 2 saturated heterocycles. The van der Waals surface area contributed by atoms with Crippen LogP contribution in [0.5, 0.6) is 0 Å². The molecule has 3 rings (SSSR count). The van der Waals surface area contributed by atoms with Crippen molar-refractivity contribution in [3.63, 3.8) is 0 Å². The molecule has 1 N–H and O–H groups in total. The molecular weight excluding hydrogens is 470 g/mol. The number of hydrogen-bond acceptors (Lipinski definition) is 3. The SMILES string of the molecule is CCNC(=NCC1(N2CCCC2)CCOCC1)N(C)Cc1cccc(F)c1.I. The Labute approximate surface area is 185 Å². The molecule has 2 aliphatic rings. The highest BCUT2D eigenvalue weighted by atomic mass is 127. The van der Waals surface area contributed by atoms with Gasteiger partial charge in [-0.05, 0) is 63.4 Å². The Morgan fingerprint density at radius 2 is 2.00 bits per heavy atom. The number of aliphatic imine (C=N–C) groups is 1. The molecule has 158 valence electrons. The second-order valence-corrected chi connectivity index (χ2v) is 7.69. The van der Waals surface area contributed by atoms with Crippen molar-refractivity contribution in [3.05, 3.63) is 35.6 Å². The van der Waals surface area contributed by atoms with E-state index in [1.807, 2.05) is 13.1 Å². The van der Waals surface area contributed by atoms with Gasteiger partial charge in [0.1, 0.15) is 5.82 Å². The molecule has 5 nitrogen and oxygen atoms in total. The number of guanidine groups is 1. The van der Waals surface area contributed by atoms with Gasteiger partial charge in [0, 0.05) is 38.9 Å². The predicted molar refractivity (Wildman–Crippen MR) is 123 cm³/mol. The summed E-state index contributed by atoms with van der Waals surface area (Å²) in [4.78, 5) is 9.73. The average molecular weight is 504 g/mol. The van der Waals surface area contributed by atoms with Crippen LogP contribution in [0.25, 0.3) is 0 Å². The number of nitrogens with one attached hydrogen (secondary N) is 1. The minimum absolute atomic E-state index is 0. The van der Waals surface area contributed by atoms with Gasteiger partial charge in [-0.25, -0.2) is 4.39 Å². The van der Waals surface area contributed by atoms with E-state index in [-0.39, 0.29) is 35.3 Å². The van der Waals surface area contributed by atoms with Crippen LogP contribution in [0.4, 0.5) is 4.39 Å². The van der Waals surface area contributed by atoms with Crippen LogP contribution >= 0.6 is 24.0 Å². The largest absolute Gasteiger partial charge is 0.381 e. The summed E-state index contributed by atoms with van der Waals surface area (Å²) in [5.74, 6) is 0.685. The minimum atomic E-state index is -0.196. The highest BCUT2D eigenvalue weighted by Crippen LogP contribution is 2.31. The predicted octanol–water partition coefficient (Wildman–Crippen LogP) is 3.49. The molecule has 0 unspecified atom stereocenters. The second kappa shape index (κ2) is 11.3. The van der Waals surface area contributed by atoms with Crippen molar-refractivity contribution in [1.29, 1.82) is 0 Å². The van der Waals surface area contributed by atoms with Crippen LogP contribution in [0.2, 0.25) is 0 Å². The van der Waals surface area contributed by atoms with Crippen LogP contribution < -0.4 is 5.32 Å². The summed E-state index contributed by atoms with van der Waals surface area (Å²) in [6, 6.07) is 6.78. The van der Waals surface area contributed by atoms with E-state index in [9.17, 15) is 4.39 Å². The third-order valence-electron chi connectivity index (χ3n) is 5.73. The van der Waals surface area contributed by atoms with Gasteiger partial charge < -0.3 is 15.0 Å². The Morgan fingerprint density at radius 3 is 2.64 bits per heavy atom. The van der Waals surface area contributed by atoms with Gasteiger partial charge in [0.2, 0.25) is 0 Å². The summed E-state index contributed by atoms with van der Waals surface area (Å²) < 4.78 is 19.1. The van der Waals surface area contributed by atoms with Crippen LogP contribution in [0, 0.1) is 5.82 Å². The van der Waals surface area contributed by atoms with E-state index < -0.39 is 0 Å². The van der Waals surface area contributed by atoms with E-state index in [1.54, 1.807) is 12.1 Å². The molecule has 0 saturated carbocycles. The van der Waals surface area contributed by atoms with Gasteiger partial charge in [0.25, 0.3) is 0 Å². The first-order valence-corrected chi connectivity index (χ1v) is 10.2. The maximum Gasteiger partial charge on any atom is 0.194 e. The van der Waals surface area contributed by atoms with E-state index in [4.69, 9.17) is 9.73 Å². The number of hydrogen-bond donors (Lipinski definition) is 1. The lowest BCUT2D eigenvalue weighted by atomic mass is 9.88. The zero-order valence-corrected chi connectivity index (χ0v) is 19.5. The molecule has 0 aromatic heterocycles. The number of benzene rings is 1. The lowest BCUT2D eigenvalue weighted by Gasteiger charge is -2.43. The Kier molecular flexibility index (Phi) is 9.43. The Morgan fingerprint density at radius 1 is 1.29 bits per heavy atom. The van der Waals surface area contributed by atoms with Gasteiger partial charge in [0.05, 0.1) is 6.54 Å². The van der Waals surface area contributed by atoms with Crippen molar-refractivity contribution in [2.24, 2.45) is 4.99 Å². The lowest BCUT2D eigenvalue weighted by molar-refractivity contribution is -0.0139. The van der Waals surface area contributed by atoms with E-state index >= 15 is 0 Å². The molecule has 1 aromatic rings. The highest BCUT2D eigenvalue weighted by molar-refractivity contribution is 14.0. The molecule has 0 aliphatic carbocycles. The average Bonchev–Trinajstić information content (AvgIpc) is 3.21. The van der Waals surface area contributed by atoms with Crippen molar-refractivity contribution in [2.75, 3.05) is 46.4 Å². The lowest BCUT2D eigenvalue weighted by Crippen LogP contribution is -2.54. The molecule has 0 radical (unpaired) electrons. The summed E-state index contributed by atoms with van der Waals surface area (Å²) in [5, 5.41) is 3.40. The monoisotopic (exact) mass is 504 g/mol. The quantitative estimate of drug-likeness (QED) is 0.366.